The van der Waals surface area contributed by atoms with Crippen LogP contribution in [0.1, 0.15) is 43.0 Å². The highest BCUT2D eigenvalue weighted by Crippen LogP contribution is 2.33. The molecule has 0 aliphatic carbocycles. The fourth-order valence-electron chi connectivity index (χ4n) is 2.83. The van der Waals surface area contributed by atoms with E-state index in [1.54, 1.807) is 31.2 Å². The first-order valence-corrected chi connectivity index (χ1v) is 8.39. The molecule has 126 valence electrons. The largest absolute Gasteiger partial charge is 0.480 e. The molecule has 0 fully saturated rings. The Labute approximate surface area is 148 Å². The van der Waals surface area contributed by atoms with Gasteiger partial charge in [0.05, 0.1) is 0 Å². The number of rotatable bonds is 6. The average Bonchev–Trinajstić information content (AvgIpc) is 2.54. The lowest BCUT2D eigenvalue weighted by Gasteiger charge is -2.26. The maximum absolute atomic E-state index is 12.1. The Bertz CT molecular complexity index is 735. The van der Waals surface area contributed by atoms with Gasteiger partial charge in [-0.05, 0) is 36.0 Å². The summed E-state index contributed by atoms with van der Waals surface area (Å²) in [5.41, 5.74) is 7.89. The van der Waals surface area contributed by atoms with E-state index in [9.17, 15) is 9.90 Å². The molecule has 1 unspecified atom stereocenters. The van der Waals surface area contributed by atoms with E-state index in [0.717, 1.165) is 17.5 Å². The van der Waals surface area contributed by atoms with Crippen LogP contribution in [0.5, 0.6) is 0 Å². The van der Waals surface area contributed by atoms with Crippen LogP contribution in [0, 0.1) is 5.92 Å². The minimum atomic E-state index is -1.12. The van der Waals surface area contributed by atoms with E-state index < -0.39 is 11.4 Å². The highest BCUT2D eigenvalue weighted by molar-refractivity contribution is 7.80. The minimum Gasteiger partial charge on any atom is -0.480 e. The molecule has 0 aliphatic rings. The summed E-state index contributed by atoms with van der Waals surface area (Å²) in [6.45, 7) is 6.06. The Balaban J connectivity index is 2.43. The molecule has 2 aromatic carbocycles. The molecule has 3 N–H and O–H groups in total. The second-order valence-corrected chi connectivity index (χ2v) is 7.11. The molecule has 3 nitrogen and oxygen atoms in total. The van der Waals surface area contributed by atoms with E-state index in [1.165, 1.54) is 5.56 Å². The normalized spacial score (nSPS) is 13.5. The molecule has 0 saturated carbocycles. The predicted molar refractivity (Wildman–Crippen MR) is 101 cm³/mol. The van der Waals surface area contributed by atoms with Crippen molar-refractivity contribution in [1.82, 2.24) is 0 Å². The molecule has 1 atom stereocenters. The van der Waals surface area contributed by atoms with Crippen molar-refractivity contribution in [2.24, 2.45) is 11.7 Å². The van der Waals surface area contributed by atoms with Gasteiger partial charge in [-0.3, -0.25) is 4.79 Å². The Morgan fingerprint density at radius 2 is 1.54 bits per heavy atom. The van der Waals surface area contributed by atoms with E-state index in [1.807, 2.05) is 24.3 Å². The van der Waals surface area contributed by atoms with Gasteiger partial charge in [-0.1, -0.05) is 74.6 Å². The molecule has 0 radical (unpaired) electrons. The number of carboxylic acids is 1. The molecule has 0 saturated heterocycles. The summed E-state index contributed by atoms with van der Waals surface area (Å²) < 4.78 is 0. The molecule has 24 heavy (non-hydrogen) atoms. The van der Waals surface area contributed by atoms with Crippen LogP contribution < -0.4 is 5.73 Å². The van der Waals surface area contributed by atoms with Crippen molar-refractivity contribution in [1.29, 1.82) is 0 Å². The van der Waals surface area contributed by atoms with Crippen molar-refractivity contribution in [3.8, 4) is 0 Å². The van der Waals surface area contributed by atoms with Gasteiger partial charge in [-0.2, -0.15) is 0 Å². The average molecular weight is 341 g/mol. The van der Waals surface area contributed by atoms with E-state index in [4.69, 9.17) is 18.0 Å². The van der Waals surface area contributed by atoms with Gasteiger partial charge in [-0.25, -0.2) is 0 Å². The number of carbonyl (C=O) groups is 1. The van der Waals surface area contributed by atoms with Crippen LogP contribution >= 0.6 is 12.2 Å². The summed E-state index contributed by atoms with van der Waals surface area (Å²) in [5, 5.41) is 9.88. The fourth-order valence-corrected chi connectivity index (χ4v) is 2.96. The molecule has 0 aromatic heterocycles. The van der Waals surface area contributed by atoms with Crippen LogP contribution in [0.25, 0.3) is 0 Å². The topological polar surface area (TPSA) is 63.3 Å². The van der Waals surface area contributed by atoms with E-state index in [0.29, 0.717) is 16.5 Å². The van der Waals surface area contributed by atoms with Gasteiger partial charge < -0.3 is 10.8 Å². The van der Waals surface area contributed by atoms with Crippen LogP contribution in [-0.2, 0) is 16.6 Å². The van der Waals surface area contributed by atoms with Crippen molar-refractivity contribution >= 4 is 23.2 Å². The molecule has 2 aromatic rings. The number of carboxylic acid groups (broad SMARTS) is 1. The monoisotopic (exact) mass is 341 g/mol. The van der Waals surface area contributed by atoms with Gasteiger partial charge in [0, 0.05) is 5.56 Å². The molecule has 0 spiro atoms. The summed E-state index contributed by atoms with van der Waals surface area (Å²) >= 11 is 4.95. The number of benzene rings is 2. The first kappa shape index (κ1) is 18.1. The number of aliphatic carboxylic acids is 1. The smallest absolute Gasteiger partial charge is 0.318 e. The summed E-state index contributed by atoms with van der Waals surface area (Å²) in [5.74, 6) is -0.323. The van der Waals surface area contributed by atoms with Gasteiger partial charge in [0.1, 0.15) is 10.4 Å². The highest BCUT2D eigenvalue weighted by atomic mass is 32.1. The molecule has 0 amide bonds. The Morgan fingerprint density at radius 1 is 1.08 bits per heavy atom. The molecular weight excluding hydrogens is 318 g/mol. The molecule has 4 heteroatoms. The SMILES string of the molecule is CC(C)Cc1ccc(C(C)(C(=O)O)c2ccc(C(N)=S)cc2)cc1. The third-order valence-corrected chi connectivity index (χ3v) is 4.59. The molecule has 2 rings (SSSR count). The minimum absolute atomic E-state index is 0.302. The van der Waals surface area contributed by atoms with Crippen LogP contribution in [0.15, 0.2) is 48.5 Å². The van der Waals surface area contributed by atoms with Gasteiger partial charge in [0.15, 0.2) is 0 Å². The molecule has 0 heterocycles. The molecule has 0 bridgehead atoms. The van der Waals surface area contributed by atoms with Gasteiger partial charge in [-0.15, -0.1) is 0 Å². The summed E-state index contributed by atoms with van der Waals surface area (Å²) in [7, 11) is 0. The van der Waals surface area contributed by atoms with Crippen LogP contribution in [0.2, 0.25) is 0 Å². The summed E-state index contributed by atoms with van der Waals surface area (Å²) in [6.07, 6.45) is 0.979. The maximum atomic E-state index is 12.1. The summed E-state index contributed by atoms with van der Waals surface area (Å²) in [6, 6.07) is 15.0. The lowest BCUT2D eigenvalue weighted by molar-refractivity contribution is -0.141. The van der Waals surface area contributed by atoms with E-state index in [-0.39, 0.29) is 0 Å². The molecule has 0 aliphatic heterocycles. The van der Waals surface area contributed by atoms with Gasteiger partial charge >= 0.3 is 5.97 Å². The Kier molecular flexibility index (Phi) is 5.40. The Morgan fingerprint density at radius 3 is 1.92 bits per heavy atom. The van der Waals surface area contributed by atoms with Crippen molar-refractivity contribution in [3.63, 3.8) is 0 Å². The zero-order valence-electron chi connectivity index (χ0n) is 14.2. The van der Waals surface area contributed by atoms with Crippen molar-refractivity contribution < 1.29 is 9.90 Å². The number of thiocarbonyl (C=S) groups is 1. The quantitative estimate of drug-likeness (QED) is 0.782. The standard InChI is InChI=1S/C20H23NO2S/c1-13(2)12-14-4-8-16(9-5-14)20(3,19(22)23)17-10-6-15(7-11-17)18(21)24/h4-11,13H,12H2,1-3H3,(H2,21,24)(H,22,23). The van der Waals surface area contributed by atoms with Crippen molar-refractivity contribution in [2.45, 2.75) is 32.6 Å². The number of nitrogens with two attached hydrogens (primary N) is 1. The van der Waals surface area contributed by atoms with Crippen LogP contribution in [-0.4, -0.2) is 16.1 Å². The van der Waals surface area contributed by atoms with Gasteiger partial charge in [0.25, 0.3) is 0 Å². The zero-order valence-corrected chi connectivity index (χ0v) is 15.1. The van der Waals surface area contributed by atoms with Crippen molar-refractivity contribution in [3.05, 3.63) is 70.8 Å². The fraction of sp³-hybridized carbons (Fsp3) is 0.300. The third kappa shape index (κ3) is 3.65. The predicted octanol–water partition coefficient (Wildman–Crippen LogP) is 3.91. The van der Waals surface area contributed by atoms with Crippen molar-refractivity contribution in [2.75, 3.05) is 0 Å². The maximum Gasteiger partial charge on any atom is 0.318 e. The van der Waals surface area contributed by atoms with E-state index in [2.05, 4.69) is 13.8 Å². The van der Waals surface area contributed by atoms with Crippen LogP contribution in [0.4, 0.5) is 0 Å². The van der Waals surface area contributed by atoms with Gasteiger partial charge in [0.2, 0.25) is 0 Å². The highest BCUT2D eigenvalue weighted by Gasteiger charge is 2.37. The number of hydrogen-bond donors (Lipinski definition) is 2. The van der Waals surface area contributed by atoms with Crippen LogP contribution in [0.3, 0.4) is 0 Å². The Hall–Kier alpha value is -2.20. The zero-order chi connectivity index (χ0) is 17.9. The summed E-state index contributed by atoms with van der Waals surface area (Å²) in [4.78, 5) is 12.4. The second kappa shape index (κ2) is 7.14. The van der Waals surface area contributed by atoms with E-state index >= 15 is 0 Å². The lowest BCUT2D eigenvalue weighted by Crippen LogP contribution is -2.33. The first-order chi connectivity index (χ1) is 11.2. The second-order valence-electron chi connectivity index (χ2n) is 6.67. The molecular formula is C20H23NO2S. The lowest BCUT2D eigenvalue weighted by atomic mass is 9.76. The first-order valence-electron chi connectivity index (χ1n) is 7.98. The number of hydrogen-bond acceptors (Lipinski definition) is 2. The third-order valence-electron chi connectivity index (χ3n) is 4.35.